The van der Waals surface area contributed by atoms with Gasteiger partial charge in [0.25, 0.3) is 0 Å². The van der Waals surface area contributed by atoms with Crippen molar-refractivity contribution in [2.45, 2.75) is 161 Å². The van der Waals surface area contributed by atoms with Crippen molar-refractivity contribution in [3.05, 3.63) is 12.2 Å². The normalized spacial score (nSPS) is 14.2. The lowest BCUT2D eigenvalue weighted by molar-refractivity contribution is -0.870. The van der Waals surface area contributed by atoms with Crippen LogP contribution in [-0.2, 0) is 27.9 Å². The molecule has 0 aromatic rings. The summed E-state index contributed by atoms with van der Waals surface area (Å²) in [5.74, 6) is -0.338. The van der Waals surface area contributed by atoms with E-state index in [0.29, 0.717) is 24.1 Å². The van der Waals surface area contributed by atoms with Crippen LogP contribution in [0.2, 0.25) is 0 Å². The maximum absolute atomic E-state index is 12.3. The monoisotopic (exact) mass is 663 g/mol. The topological polar surface area (TPSA) is 91.3 Å². The van der Waals surface area contributed by atoms with E-state index in [4.69, 9.17) is 18.5 Å². The predicted octanol–water partition coefficient (Wildman–Crippen LogP) is 9.93. The van der Waals surface area contributed by atoms with Gasteiger partial charge < -0.3 is 18.9 Å². The Bertz CT molecular complexity index is 741. The highest BCUT2D eigenvalue weighted by Crippen LogP contribution is 2.43. The summed E-state index contributed by atoms with van der Waals surface area (Å²) < 4.78 is 34.4. The summed E-state index contributed by atoms with van der Waals surface area (Å²) in [6, 6.07) is 0. The fourth-order valence-corrected chi connectivity index (χ4v) is 5.64. The molecule has 2 unspecified atom stereocenters. The molecule has 9 heteroatoms. The van der Waals surface area contributed by atoms with E-state index in [9.17, 15) is 14.3 Å². The number of hydrogen-bond acceptors (Lipinski definition) is 6. The molecule has 0 aliphatic carbocycles. The van der Waals surface area contributed by atoms with E-state index in [1.807, 2.05) is 21.1 Å². The van der Waals surface area contributed by atoms with Crippen molar-refractivity contribution < 1.29 is 37.3 Å². The van der Waals surface area contributed by atoms with E-state index < -0.39 is 13.9 Å². The fraction of sp³-hybridized carbons (Fsp3) is 0.917. The minimum Gasteiger partial charge on any atom is -0.457 e. The Morgan fingerprint density at radius 2 is 1.16 bits per heavy atom. The van der Waals surface area contributed by atoms with Crippen LogP contribution in [0, 0.1) is 0 Å². The third-order valence-corrected chi connectivity index (χ3v) is 8.81. The van der Waals surface area contributed by atoms with Crippen molar-refractivity contribution in [3.63, 3.8) is 0 Å². The molecule has 0 saturated heterocycles. The van der Waals surface area contributed by atoms with Crippen LogP contribution in [0.5, 0.6) is 0 Å². The third-order valence-electron chi connectivity index (χ3n) is 7.83. The van der Waals surface area contributed by atoms with E-state index in [2.05, 4.69) is 26.0 Å². The van der Waals surface area contributed by atoms with Crippen molar-refractivity contribution in [2.24, 2.45) is 0 Å². The molecule has 0 aliphatic heterocycles. The average molecular weight is 663 g/mol. The molecule has 1 N–H and O–H groups in total. The first-order chi connectivity index (χ1) is 21.6. The minimum atomic E-state index is -4.24. The van der Waals surface area contributed by atoms with Crippen LogP contribution in [0.3, 0.4) is 0 Å². The van der Waals surface area contributed by atoms with E-state index in [-0.39, 0.29) is 25.8 Å². The first kappa shape index (κ1) is 44.2. The molecular weight excluding hydrogens is 589 g/mol. The molecule has 0 spiro atoms. The predicted molar refractivity (Wildman–Crippen MR) is 187 cm³/mol. The number of rotatable bonds is 34. The highest BCUT2D eigenvalue weighted by atomic mass is 31.2. The van der Waals surface area contributed by atoms with Crippen LogP contribution < -0.4 is 0 Å². The van der Waals surface area contributed by atoms with Crippen LogP contribution in [0.4, 0.5) is 0 Å². The van der Waals surface area contributed by atoms with Gasteiger partial charge in [-0.25, -0.2) is 4.57 Å². The van der Waals surface area contributed by atoms with Crippen LogP contribution in [0.1, 0.15) is 155 Å². The Kier molecular flexibility index (Phi) is 30.0. The molecule has 0 fully saturated rings. The number of phosphoric ester groups is 1. The molecule has 0 amide bonds. The molecule has 0 saturated carbocycles. The molecule has 0 aliphatic rings. The molecule has 0 aromatic heterocycles. The Balaban J connectivity index is 3.92. The summed E-state index contributed by atoms with van der Waals surface area (Å²) in [6.45, 7) is 5.45. The number of nitrogens with zero attached hydrogens (tertiary/aromatic N) is 1. The number of quaternary nitrogens is 1. The molecule has 0 heterocycles. The Morgan fingerprint density at radius 1 is 0.667 bits per heavy atom. The van der Waals surface area contributed by atoms with Crippen LogP contribution in [0.25, 0.3) is 0 Å². The van der Waals surface area contributed by atoms with Crippen molar-refractivity contribution in [3.8, 4) is 0 Å². The molecule has 2 atom stereocenters. The number of unbranched alkanes of at least 4 members (excludes halogenated alkanes) is 18. The van der Waals surface area contributed by atoms with Gasteiger partial charge in [-0.2, -0.15) is 0 Å². The molecule has 0 rings (SSSR count). The van der Waals surface area contributed by atoms with Gasteiger partial charge in [0.1, 0.15) is 19.3 Å². The second-order valence-corrected chi connectivity index (χ2v) is 15.1. The Hall–Kier alpha value is -0.760. The summed E-state index contributed by atoms with van der Waals surface area (Å²) in [4.78, 5) is 22.3. The van der Waals surface area contributed by atoms with Gasteiger partial charge in [-0.3, -0.25) is 13.8 Å². The lowest BCUT2D eigenvalue weighted by Crippen LogP contribution is -2.37. The standard InChI is InChI=1S/C36H72NO7P/c1-6-8-10-11-12-13-14-15-16-17-18-19-20-21-22-23-24-25-26-28-31-41-33-35(44-36(38)29-27-9-7-2)34-43-45(39,40)42-32-30-37(3,4)5/h15-16,35H,6-14,17-34H2,1-5H3/p+1/b16-15-. The Labute approximate surface area is 278 Å². The quantitative estimate of drug-likeness (QED) is 0.0241. The minimum absolute atomic E-state index is 0.0898. The smallest absolute Gasteiger partial charge is 0.457 e. The second-order valence-electron chi connectivity index (χ2n) is 13.6. The van der Waals surface area contributed by atoms with Crippen molar-refractivity contribution in [1.82, 2.24) is 0 Å². The lowest BCUT2D eigenvalue weighted by Gasteiger charge is -2.24. The van der Waals surface area contributed by atoms with Gasteiger partial charge in [0, 0.05) is 13.0 Å². The molecule has 45 heavy (non-hydrogen) atoms. The summed E-state index contributed by atoms with van der Waals surface area (Å²) >= 11 is 0. The molecule has 268 valence electrons. The van der Waals surface area contributed by atoms with E-state index >= 15 is 0 Å². The van der Waals surface area contributed by atoms with Crippen molar-refractivity contribution >= 4 is 13.8 Å². The highest BCUT2D eigenvalue weighted by Gasteiger charge is 2.26. The maximum atomic E-state index is 12.3. The number of likely N-dealkylation sites (N-methyl/N-ethyl adjacent to an activating group) is 1. The number of hydrogen-bond donors (Lipinski definition) is 1. The van der Waals surface area contributed by atoms with Gasteiger partial charge in [0.05, 0.1) is 34.4 Å². The lowest BCUT2D eigenvalue weighted by atomic mass is 10.1. The van der Waals surface area contributed by atoms with Crippen molar-refractivity contribution in [2.75, 3.05) is 54.1 Å². The van der Waals surface area contributed by atoms with Gasteiger partial charge in [0.2, 0.25) is 0 Å². The zero-order chi connectivity index (χ0) is 33.5. The van der Waals surface area contributed by atoms with Crippen LogP contribution in [0.15, 0.2) is 12.2 Å². The van der Waals surface area contributed by atoms with E-state index in [0.717, 1.165) is 32.1 Å². The number of esters is 1. The van der Waals surface area contributed by atoms with Crippen LogP contribution >= 0.6 is 7.82 Å². The summed E-state index contributed by atoms with van der Waals surface area (Å²) in [6.07, 6.45) is 30.3. The van der Waals surface area contributed by atoms with E-state index in [1.165, 1.54) is 103 Å². The number of carbonyl (C=O) groups is 1. The zero-order valence-corrected chi connectivity index (χ0v) is 31.0. The fourth-order valence-electron chi connectivity index (χ4n) is 4.90. The largest absolute Gasteiger partial charge is 0.472 e. The van der Waals surface area contributed by atoms with E-state index in [1.54, 1.807) is 0 Å². The summed E-state index contributed by atoms with van der Waals surface area (Å²) in [5.41, 5.74) is 0. The number of allylic oxidation sites excluding steroid dienone is 2. The number of ether oxygens (including phenoxy) is 2. The van der Waals surface area contributed by atoms with Gasteiger partial charge in [-0.1, -0.05) is 122 Å². The average Bonchev–Trinajstić information content (AvgIpc) is 2.97. The first-order valence-electron chi connectivity index (χ1n) is 18.4. The molecule has 0 radical (unpaired) electrons. The van der Waals surface area contributed by atoms with Gasteiger partial charge in [-0.15, -0.1) is 0 Å². The van der Waals surface area contributed by atoms with Crippen molar-refractivity contribution in [1.29, 1.82) is 0 Å². The third kappa shape index (κ3) is 34.4. The maximum Gasteiger partial charge on any atom is 0.472 e. The molecule has 0 aromatic carbocycles. The van der Waals surface area contributed by atoms with Gasteiger partial charge in [-0.05, 0) is 38.5 Å². The number of carbonyl (C=O) groups excluding carboxylic acids is 1. The van der Waals surface area contributed by atoms with Gasteiger partial charge >= 0.3 is 13.8 Å². The molecule has 0 bridgehead atoms. The molecular formula is C36H73NO7P+. The zero-order valence-electron chi connectivity index (χ0n) is 30.1. The SMILES string of the molecule is CCCCCCCC/C=C\CCCCCCCCCCCCOCC(COP(=O)(O)OCC[N+](C)(C)C)OC(=O)CCCCC. The summed E-state index contributed by atoms with van der Waals surface area (Å²) in [5, 5.41) is 0. The highest BCUT2D eigenvalue weighted by molar-refractivity contribution is 7.47. The summed E-state index contributed by atoms with van der Waals surface area (Å²) in [7, 11) is 1.67. The Morgan fingerprint density at radius 3 is 1.69 bits per heavy atom. The molecule has 8 nitrogen and oxygen atoms in total. The first-order valence-corrected chi connectivity index (χ1v) is 19.9. The second kappa shape index (κ2) is 30.6. The number of phosphoric acid groups is 1. The van der Waals surface area contributed by atoms with Gasteiger partial charge in [0.15, 0.2) is 0 Å². The van der Waals surface area contributed by atoms with Crippen LogP contribution in [-0.4, -0.2) is 75.6 Å².